The van der Waals surface area contributed by atoms with Crippen LogP contribution in [0.1, 0.15) is 27.5 Å². The summed E-state index contributed by atoms with van der Waals surface area (Å²) in [7, 11) is 0. The molecule has 0 atom stereocenters. The molecule has 0 spiro atoms. The number of aromatic nitrogens is 2. The minimum atomic E-state index is -0.471. The standard InChI is InChI=1S/C16H13ClN2O3S/c1-9-13(10(2)22-19-9)7-21-16(20)14-8-23-15(18-14)11-3-5-12(17)6-4-11/h3-6,8H,7H2,1-2H3. The molecule has 5 nitrogen and oxygen atoms in total. The SMILES string of the molecule is Cc1noc(C)c1COC(=O)c1csc(-c2ccc(Cl)cc2)n1. The Morgan fingerprint density at radius 3 is 2.70 bits per heavy atom. The molecule has 0 aliphatic carbocycles. The van der Waals surface area contributed by atoms with E-state index in [1.54, 1.807) is 31.4 Å². The zero-order valence-electron chi connectivity index (χ0n) is 12.5. The summed E-state index contributed by atoms with van der Waals surface area (Å²) in [6, 6.07) is 7.29. The molecule has 0 aliphatic heterocycles. The maximum Gasteiger partial charge on any atom is 0.358 e. The third-order valence-electron chi connectivity index (χ3n) is 3.33. The van der Waals surface area contributed by atoms with Gasteiger partial charge in [-0.05, 0) is 26.0 Å². The van der Waals surface area contributed by atoms with Gasteiger partial charge in [0.1, 0.15) is 17.4 Å². The van der Waals surface area contributed by atoms with Crippen LogP contribution < -0.4 is 0 Å². The first-order valence-electron chi connectivity index (χ1n) is 6.85. The zero-order valence-corrected chi connectivity index (χ0v) is 14.1. The largest absolute Gasteiger partial charge is 0.456 e. The first kappa shape index (κ1) is 15.7. The number of aryl methyl sites for hydroxylation is 2. The molecule has 118 valence electrons. The number of carbonyl (C=O) groups is 1. The van der Waals surface area contributed by atoms with Crippen molar-refractivity contribution in [3.63, 3.8) is 0 Å². The Hall–Kier alpha value is -2.18. The van der Waals surface area contributed by atoms with Gasteiger partial charge in [0, 0.05) is 16.0 Å². The van der Waals surface area contributed by atoms with E-state index in [4.69, 9.17) is 20.9 Å². The van der Waals surface area contributed by atoms with Gasteiger partial charge in [0.2, 0.25) is 0 Å². The molecule has 0 amide bonds. The fourth-order valence-electron chi connectivity index (χ4n) is 2.01. The highest BCUT2D eigenvalue weighted by molar-refractivity contribution is 7.13. The molecule has 1 aromatic carbocycles. The van der Waals surface area contributed by atoms with Gasteiger partial charge in [-0.2, -0.15) is 0 Å². The van der Waals surface area contributed by atoms with Crippen molar-refractivity contribution in [3.8, 4) is 10.6 Å². The Bertz CT molecular complexity index is 820. The van der Waals surface area contributed by atoms with Crippen LogP contribution in [0.15, 0.2) is 34.2 Å². The van der Waals surface area contributed by atoms with Gasteiger partial charge in [-0.15, -0.1) is 11.3 Å². The Morgan fingerprint density at radius 1 is 1.30 bits per heavy atom. The van der Waals surface area contributed by atoms with Gasteiger partial charge in [-0.3, -0.25) is 0 Å². The maximum absolute atomic E-state index is 12.1. The lowest BCUT2D eigenvalue weighted by Crippen LogP contribution is -2.06. The minimum Gasteiger partial charge on any atom is -0.456 e. The van der Waals surface area contributed by atoms with E-state index in [-0.39, 0.29) is 12.3 Å². The average Bonchev–Trinajstić information content (AvgIpc) is 3.14. The van der Waals surface area contributed by atoms with E-state index < -0.39 is 5.97 Å². The highest BCUT2D eigenvalue weighted by Crippen LogP contribution is 2.25. The summed E-state index contributed by atoms with van der Waals surface area (Å²) in [6.45, 7) is 3.71. The molecule has 0 N–H and O–H groups in total. The molecule has 0 saturated carbocycles. The first-order valence-corrected chi connectivity index (χ1v) is 8.10. The fraction of sp³-hybridized carbons (Fsp3) is 0.188. The van der Waals surface area contributed by atoms with Crippen molar-refractivity contribution < 1.29 is 14.1 Å². The van der Waals surface area contributed by atoms with Crippen LogP contribution in [-0.2, 0) is 11.3 Å². The molecule has 3 rings (SSSR count). The molecule has 3 aromatic rings. The monoisotopic (exact) mass is 348 g/mol. The number of hydrogen-bond donors (Lipinski definition) is 0. The highest BCUT2D eigenvalue weighted by Gasteiger charge is 2.16. The number of carbonyl (C=O) groups excluding carboxylic acids is 1. The summed E-state index contributed by atoms with van der Waals surface area (Å²) >= 11 is 7.25. The van der Waals surface area contributed by atoms with Crippen LogP contribution in [0.4, 0.5) is 0 Å². The second-order valence-corrected chi connectivity index (χ2v) is 6.22. The van der Waals surface area contributed by atoms with Crippen molar-refractivity contribution >= 4 is 28.9 Å². The Labute approximate surface area is 141 Å². The van der Waals surface area contributed by atoms with E-state index in [0.29, 0.717) is 10.8 Å². The van der Waals surface area contributed by atoms with Crippen molar-refractivity contribution in [2.45, 2.75) is 20.5 Å². The molecule has 0 fully saturated rings. The van der Waals surface area contributed by atoms with Crippen LogP contribution in [0.2, 0.25) is 5.02 Å². The van der Waals surface area contributed by atoms with Crippen LogP contribution in [0.5, 0.6) is 0 Å². The third-order valence-corrected chi connectivity index (χ3v) is 4.48. The summed E-state index contributed by atoms with van der Waals surface area (Å²) in [6.07, 6.45) is 0. The van der Waals surface area contributed by atoms with E-state index in [1.807, 2.05) is 12.1 Å². The number of nitrogens with zero attached hydrogens (tertiary/aromatic N) is 2. The predicted molar refractivity (Wildman–Crippen MR) is 87.7 cm³/mol. The molecular weight excluding hydrogens is 336 g/mol. The molecule has 0 unspecified atom stereocenters. The lowest BCUT2D eigenvalue weighted by Gasteiger charge is -2.02. The van der Waals surface area contributed by atoms with Crippen molar-refractivity contribution in [2.75, 3.05) is 0 Å². The van der Waals surface area contributed by atoms with Gasteiger partial charge >= 0.3 is 5.97 Å². The zero-order chi connectivity index (χ0) is 16.4. The number of halogens is 1. The number of thiazole rings is 1. The number of rotatable bonds is 4. The molecule has 0 saturated heterocycles. The predicted octanol–water partition coefficient (Wildman–Crippen LogP) is 4.43. The van der Waals surface area contributed by atoms with Crippen molar-refractivity contribution in [2.24, 2.45) is 0 Å². The van der Waals surface area contributed by atoms with E-state index >= 15 is 0 Å². The van der Waals surface area contributed by atoms with Gasteiger partial charge in [0.15, 0.2) is 5.69 Å². The van der Waals surface area contributed by atoms with Gasteiger partial charge in [-0.25, -0.2) is 9.78 Å². The van der Waals surface area contributed by atoms with E-state index in [1.165, 1.54) is 11.3 Å². The van der Waals surface area contributed by atoms with Crippen LogP contribution in [-0.4, -0.2) is 16.1 Å². The Kier molecular flexibility index (Phi) is 4.45. The van der Waals surface area contributed by atoms with Crippen molar-refractivity contribution in [1.29, 1.82) is 0 Å². The number of hydrogen-bond acceptors (Lipinski definition) is 6. The van der Waals surface area contributed by atoms with Crippen LogP contribution in [0.25, 0.3) is 10.6 Å². The Morgan fingerprint density at radius 2 is 2.04 bits per heavy atom. The second kappa shape index (κ2) is 6.52. The molecule has 2 heterocycles. The lowest BCUT2D eigenvalue weighted by molar-refractivity contribution is 0.0465. The number of ether oxygens (including phenoxy) is 1. The summed E-state index contributed by atoms with van der Waals surface area (Å²) in [5.41, 5.74) is 2.69. The van der Waals surface area contributed by atoms with E-state index in [9.17, 15) is 4.79 Å². The van der Waals surface area contributed by atoms with E-state index in [2.05, 4.69) is 10.1 Å². The molecule has 2 aromatic heterocycles. The maximum atomic E-state index is 12.1. The topological polar surface area (TPSA) is 65.2 Å². The van der Waals surface area contributed by atoms with Gasteiger partial charge in [0.25, 0.3) is 0 Å². The quantitative estimate of drug-likeness (QED) is 0.653. The summed E-state index contributed by atoms with van der Waals surface area (Å²) in [4.78, 5) is 16.4. The lowest BCUT2D eigenvalue weighted by atomic mass is 10.2. The minimum absolute atomic E-state index is 0.119. The van der Waals surface area contributed by atoms with Crippen molar-refractivity contribution in [3.05, 3.63) is 57.4 Å². The molecular formula is C16H13ClN2O3S. The second-order valence-electron chi connectivity index (χ2n) is 4.92. The first-order chi connectivity index (χ1) is 11.0. The van der Waals surface area contributed by atoms with E-state index in [0.717, 1.165) is 21.8 Å². The normalized spacial score (nSPS) is 10.7. The smallest absolute Gasteiger partial charge is 0.358 e. The van der Waals surface area contributed by atoms with Gasteiger partial charge < -0.3 is 9.26 Å². The summed E-state index contributed by atoms with van der Waals surface area (Å²) in [5, 5.41) is 6.91. The number of esters is 1. The highest BCUT2D eigenvalue weighted by atomic mass is 35.5. The fourth-order valence-corrected chi connectivity index (χ4v) is 2.93. The molecule has 7 heteroatoms. The summed E-state index contributed by atoms with van der Waals surface area (Å²) in [5.74, 6) is 0.178. The summed E-state index contributed by atoms with van der Waals surface area (Å²) < 4.78 is 10.3. The average molecular weight is 349 g/mol. The van der Waals surface area contributed by atoms with Crippen molar-refractivity contribution in [1.82, 2.24) is 10.1 Å². The molecule has 0 aliphatic rings. The van der Waals surface area contributed by atoms with Crippen LogP contribution in [0.3, 0.4) is 0 Å². The van der Waals surface area contributed by atoms with Gasteiger partial charge in [-0.1, -0.05) is 28.9 Å². The Balaban J connectivity index is 1.70. The van der Waals surface area contributed by atoms with Crippen LogP contribution in [0, 0.1) is 13.8 Å². The molecule has 0 bridgehead atoms. The molecule has 23 heavy (non-hydrogen) atoms. The third kappa shape index (κ3) is 3.43. The van der Waals surface area contributed by atoms with Crippen LogP contribution >= 0.6 is 22.9 Å². The van der Waals surface area contributed by atoms with Gasteiger partial charge in [0.05, 0.1) is 11.3 Å². The number of benzene rings is 1. The molecule has 0 radical (unpaired) electrons.